The van der Waals surface area contributed by atoms with E-state index in [1.54, 1.807) is 4.90 Å². The standard InChI is InChI=1S/C6H3BrF3N.C6H12N2O/c7-5-4(6(8,9)10)2-1-3-11-5;7-6(9)8-4-2-1-3-5-8/h1-3H;1-5H2,(H2,7,9). The van der Waals surface area contributed by atoms with Crippen molar-refractivity contribution in [3.63, 3.8) is 0 Å². The molecule has 0 unspecified atom stereocenters. The van der Waals surface area contributed by atoms with Crippen LogP contribution < -0.4 is 5.73 Å². The maximum atomic E-state index is 12.0. The average molecular weight is 354 g/mol. The summed E-state index contributed by atoms with van der Waals surface area (Å²) < 4.78 is 35.8. The van der Waals surface area contributed by atoms with Crippen LogP contribution >= 0.6 is 15.9 Å². The van der Waals surface area contributed by atoms with Crippen molar-refractivity contribution >= 4 is 22.0 Å². The minimum absolute atomic E-state index is 0.174. The molecule has 1 aliphatic heterocycles. The van der Waals surface area contributed by atoms with Gasteiger partial charge in [-0.05, 0) is 47.3 Å². The molecule has 0 aliphatic carbocycles. The smallest absolute Gasteiger partial charge is 0.351 e. The van der Waals surface area contributed by atoms with Crippen LogP contribution in [0.1, 0.15) is 24.8 Å². The molecule has 4 nitrogen and oxygen atoms in total. The van der Waals surface area contributed by atoms with Gasteiger partial charge in [-0.2, -0.15) is 13.2 Å². The van der Waals surface area contributed by atoms with Gasteiger partial charge in [0.1, 0.15) is 4.60 Å². The first kappa shape index (κ1) is 16.7. The van der Waals surface area contributed by atoms with Crippen LogP contribution in [0, 0.1) is 0 Å². The minimum atomic E-state index is -4.33. The Morgan fingerprint density at radius 3 is 2.25 bits per heavy atom. The number of likely N-dealkylation sites (tertiary alicyclic amines) is 1. The Hall–Kier alpha value is -1.31. The van der Waals surface area contributed by atoms with E-state index in [1.807, 2.05) is 0 Å². The summed E-state index contributed by atoms with van der Waals surface area (Å²) >= 11 is 2.70. The van der Waals surface area contributed by atoms with Crippen molar-refractivity contribution in [3.05, 3.63) is 28.5 Å². The molecule has 0 saturated carbocycles. The third-order valence-corrected chi connectivity index (χ3v) is 3.36. The molecule has 112 valence electrons. The molecule has 1 aliphatic rings. The van der Waals surface area contributed by atoms with Gasteiger partial charge in [-0.25, -0.2) is 9.78 Å². The van der Waals surface area contributed by atoms with Crippen LogP contribution in [0.2, 0.25) is 0 Å². The van der Waals surface area contributed by atoms with Crippen molar-refractivity contribution < 1.29 is 18.0 Å². The Kier molecular flexibility index (Phi) is 6.25. The first-order valence-corrected chi connectivity index (χ1v) is 6.83. The number of rotatable bonds is 0. The van der Waals surface area contributed by atoms with E-state index in [0.29, 0.717) is 0 Å². The summed E-state index contributed by atoms with van der Waals surface area (Å²) in [5, 5.41) is 0. The normalized spacial score (nSPS) is 15.3. The third-order valence-electron chi connectivity index (χ3n) is 2.73. The van der Waals surface area contributed by atoms with Gasteiger partial charge in [-0.3, -0.25) is 0 Å². The second kappa shape index (κ2) is 7.47. The lowest BCUT2D eigenvalue weighted by Crippen LogP contribution is -2.39. The molecule has 2 N–H and O–H groups in total. The highest BCUT2D eigenvalue weighted by atomic mass is 79.9. The van der Waals surface area contributed by atoms with Crippen molar-refractivity contribution in [2.75, 3.05) is 13.1 Å². The average Bonchev–Trinajstić information content (AvgIpc) is 2.39. The van der Waals surface area contributed by atoms with E-state index in [1.165, 1.54) is 18.7 Å². The Labute approximate surface area is 123 Å². The van der Waals surface area contributed by atoms with Gasteiger partial charge < -0.3 is 10.6 Å². The molecule has 20 heavy (non-hydrogen) atoms. The Morgan fingerprint density at radius 1 is 1.30 bits per heavy atom. The van der Waals surface area contributed by atoms with E-state index in [9.17, 15) is 18.0 Å². The highest BCUT2D eigenvalue weighted by Crippen LogP contribution is 2.32. The molecule has 1 aromatic heterocycles. The monoisotopic (exact) mass is 353 g/mol. The van der Waals surface area contributed by atoms with Crippen LogP contribution in [0.15, 0.2) is 22.9 Å². The number of nitrogens with zero attached hydrogens (tertiary/aromatic N) is 2. The van der Waals surface area contributed by atoms with E-state index < -0.39 is 11.7 Å². The number of hydrogen-bond donors (Lipinski definition) is 1. The van der Waals surface area contributed by atoms with E-state index >= 15 is 0 Å². The molecular formula is C12H15BrF3N3O. The van der Waals surface area contributed by atoms with Gasteiger partial charge in [0.05, 0.1) is 5.56 Å². The number of urea groups is 1. The fraction of sp³-hybridized carbons (Fsp3) is 0.500. The van der Waals surface area contributed by atoms with Crippen LogP contribution in [0.3, 0.4) is 0 Å². The van der Waals surface area contributed by atoms with Gasteiger partial charge >= 0.3 is 12.2 Å². The maximum Gasteiger partial charge on any atom is 0.419 e. The van der Waals surface area contributed by atoms with Gasteiger partial charge in [0.15, 0.2) is 0 Å². The number of carbonyl (C=O) groups is 1. The van der Waals surface area contributed by atoms with E-state index in [-0.39, 0.29) is 10.6 Å². The van der Waals surface area contributed by atoms with Crippen LogP contribution in [-0.2, 0) is 6.18 Å². The second-order valence-electron chi connectivity index (χ2n) is 4.23. The lowest BCUT2D eigenvalue weighted by Gasteiger charge is -2.24. The molecule has 0 radical (unpaired) electrons. The van der Waals surface area contributed by atoms with Crippen molar-refractivity contribution in [1.82, 2.24) is 9.88 Å². The fourth-order valence-electron chi connectivity index (χ4n) is 1.71. The first-order chi connectivity index (χ1) is 9.32. The van der Waals surface area contributed by atoms with Crippen molar-refractivity contribution in [1.29, 1.82) is 0 Å². The maximum absolute atomic E-state index is 12.0. The number of primary amides is 1. The molecule has 1 saturated heterocycles. The van der Waals surface area contributed by atoms with E-state index in [2.05, 4.69) is 20.9 Å². The summed E-state index contributed by atoms with van der Waals surface area (Å²) in [6, 6.07) is 1.94. The molecule has 8 heteroatoms. The first-order valence-electron chi connectivity index (χ1n) is 6.04. The zero-order valence-corrected chi connectivity index (χ0v) is 12.2. The topological polar surface area (TPSA) is 59.2 Å². The number of pyridine rings is 1. The number of halogens is 4. The molecule has 2 amide bonds. The lowest BCUT2D eigenvalue weighted by atomic mass is 10.1. The van der Waals surface area contributed by atoms with Gasteiger partial charge in [-0.15, -0.1) is 0 Å². The summed E-state index contributed by atoms with van der Waals surface area (Å²) in [6.45, 7) is 1.71. The van der Waals surface area contributed by atoms with Gasteiger partial charge in [-0.1, -0.05) is 0 Å². The summed E-state index contributed by atoms with van der Waals surface area (Å²) in [5.41, 5.74) is 4.30. The highest BCUT2D eigenvalue weighted by Gasteiger charge is 2.33. The zero-order chi connectivity index (χ0) is 15.2. The van der Waals surface area contributed by atoms with Gasteiger partial charge in [0.2, 0.25) is 0 Å². The van der Waals surface area contributed by atoms with Crippen molar-refractivity contribution in [2.45, 2.75) is 25.4 Å². The van der Waals surface area contributed by atoms with Crippen molar-refractivity contribution in [2.24, 2.45) is 5.73 Å². The van der Waals surface area contributed by atoms with Crippen LogP contribution in [0.4, 0.5) is 18.0 Å². The number of hydrogen-bond acceptors (Lipinski definition) is 2. The van der Waals surface area contributed by atoms with Crippen LogP contribution in [-0.4, -0.2) is 29.0 Å². The van der Waals surface area contributed by atoms with Gasteiger partial charge in [0.25, 0.3) is 0 Å². The molecule has 0 bridgehead atoms. The van der Waals surface area contributed by atoms with Crippen LogP contribution in [0.5, 0.6) is 0 Å². The predicted molar refractivity (Wildman–Crippen MR) is 71.9 cm³/mol. The molecule has 0 aromatic carbocycles. The summed E-state index contributed by atoms with van der Waals surface area (Å²) in [5.74, 6) is 0. The van der Waals surface area contributed by atoms with E-state index in [4.69, 9.17) is 5.73 Å². The molecule has 0 atom stereocenters. The quantitative estimate of drug-likeness (QED) is 0.726. The molecular weight excluding hydrogens is 339 g/mol. The largest absolute Gasteiger partial charge is 0.419 e. The van der Waals surface area contributed by atoms with Crippen molar-refractivity contribution in [3.8, 4) is 0 Å². The Bertz CT molecular complexity index is 448. The number of piperidine rings is 1. The zero-order valence-electron chi connectivity index (χ0n) is 10.7. The lowest BCUT2D eigenvalue weighted by molar-refractivity contribution is -0.138. The molecule has 2 heterocycles. The molecule has 0 spiro atoms. The molecule has 1 aromatic rings. The number of nitrogens with two attached hydrogens (primary N) is 1. The SMILES string of the molecule is FC(F)(F)c1cccnc1Br.NC(=O)N1CCCCC1. The fourth-order valence-corrected chi connectivity index (χ4v) is 2.19. The number of carbonyl (C=O) groups excluding carboxylic acids is 1. The number of amides is 2. The predicted octanol–water partition coefficient (Wildman–Crippen LogP) is 3.41. The van der Waals surface area contributed by atoms with Crippen LogP contribution in [0.25, 0.3) is 0 Å². The number of aromatic nitrogens is 1. The van der Waals surface area contributed by atoms with Gasteiger partial charge in [0, 0.05) is 19.3 Å². The third kappa shape index (κ3) is 5.36. The molecule has 2 rings (SSSR count). The summed E-state index contributed by atoms with van der Waals surface area (Å²) in [6.07, 6.45) is 0.433. The minimum Gasteiger partial charge on any atom is -0.351 e. The number of alkyl halides is 3. The van der Waals surface area contributed by atoms with E-state index in [0.717, 1.165) is 32.0 Å². The second-order valence-corrected chi connectivity index (χ2v) is 4.98. The highest BCUT2D eigenvalue weighted by molar-refractivity contribution is 9.10. The summed E-state index contributed by atoms with van der Waals surface area (Å²) in [7, 11) is 0. The Balaban J connectivity index is 0.000000204. The summed E-state index contributed by atoms with van der Waals surface area (Å²) in [4.78, 5) is 15.6. The molecule has 1 fully saturated rings. The Morgan fingerprint density at radius 2 is 1.90 bits per heavy atom.